The number of hydrogen-bond donors (Lipinski definition) is 3. The monoisotopic (exact) mass is 213 g/mol. The van der Waals surface area contributed by atoms with Gasteiger partial charge in [-0.15, -0.1) is 0 Å². The lowest BCUT2D eigenvalue weighted by atomic mass is 9.75. The molecule has 1 unspecified atom stereocenters. The Morgan fingerprint density at radius 3 is 2.47 bits per heavy atom. The summed E-state index contributed by atoms with van der Waals surface area (Å²) in [5.74, 6) is -0.432. The molecule has 0 radical (unpaired) electrons. The first-order valence-corrected chi connectivity index (χ1v) is 5.69. The Balaban J connectivity index is 2.22. The molecule has 0 aliphatic heterocycles. The molecule has 0 aromatic carbocycles. The average Bonchev–Trinajstić information content (AvgIpc) is 2.15. The largest absolute Gasteiger partial charge is 0.368 e. The fourth-order valence-electron chi connectivity index (χ4n) is 2.00. The van der Waals surface area contributed by atoms with Crippen LogP contribution in [0.2, 0.25) is 0 Å². The van der Waals surface area contributed by atoms with E-state index in [1.54, 1.807) is 0 Å². The highest BCUT2D eigenvalue weighted by molar-refractivity contribution is 5.79. The maximum Gasteiger partial charge on any atom is 0.235 e. The van der Waals surface area contributed by atoms with E-state index in [-0.39, 0.29) is 0 Å². The molecule has 1 aliphatic rings. The SMILES string of the molecule is CC1(C)CCC(NCC(N)C(N)=O)CC1. The molecule has 0 spiro atoms. The van der Waals surface area contributed by atoms with Crippen molar-refractivity contribution >= 4 is 5.91 Å². The number of nitrogens with one attached hydrogen (secondary N) is 1. The highest BCUT2D eigenvalue weighted by atomic mass is 16.1. The van der Waals surface area contributed by atoms with E-state index >= 15 is 0 Å². The maximum atomic E-state index is 10.7. The molecule has 88 valence electrons. The van der Waals surface area contributed by atoms with Crippen molar-refractivity contribution in [3.05, 3.63) is 0 Å². The summed E-state index contributed by atoms with van der Waals surface area (Å²) in [6, 6.07) is -0.0524. The smallest absolute Gasteiger partial charge is 0.235 e. The second kappa shape index (κ2) is 4.94. The van der Waals surface area contributed by atoms with Crippen LogP contribution in [0.5, 0.6) is 0 Å². The lowest BCUT2D eigenvalue weighted by Crippen LogP contribution is -2.48. The minimum atomic E-state index is -0.556. The normalized spacial score (nSPS) is 23.7. The molecule has 1 aliphatic carbocycles. The van der Waals surface area contributed by atoms with Gasteiger partial charge in [0, 0.05) is 12.6 Å². The van der Waals surface area contributed by atoms with Gasteiger partial charge in [-0.2, -0.15) is 0 Å². The summed E-state index contributed by atoms with van der Waals surface area (Å²) >= 11 is 0. The first-order chi connectivity index (χ1) is 6.91. The Labute approximate surface area is 91.8 Å². The molecule has 1 saturated carbocycles. The number of carbonyl (C=O) groups is 1. The quantitative estimate of drug-likeness (QED) is 0.630. The molecule has 4 nitrogen and oxygen atoms in total. The highest BCUT2D eigenvalue weighted by Crippen LogP contribution is 2.34. The van der Waals surface area contributed by atoms with Gasteiger partial charge in [-0.25, -0.2) is 0 Å². The van der Waals surface area contributed by atoms with E-state index in [2.05, 4.69) is 19.2 Å². The first kappa shape index (κ1) is 12.5. The van der Waals surface area contributed by atoms with Crippen molar-refractivity contribution in [2.45, 2.75) is 51.6 Å². The summed E-state index contributed by atoms with van der Waals surface area (Å²) in [5, 5.41) is 3.31. The van der Waals surface area contributed by atoms with E-state index < -0.39 is 11.9 Å². The van der Waals surface area contributed by atoms with Gasteiger partial charge in [-0.1, -0.05) is 13.8 Å². The summed E-state index contributed by atoms with van der Waals surface area (Å²) in [6.07, 6.45) is 4.80. The molecular weight excluding hydrogens is 190 g/mol. The minimum Gasteiger partial charge on any atom is -0.368 e. The third kappa shape index (κ3) is 4.18. The van der Waals surface area contributed by atoms with Crippen LogP contribution in [0.3, 0.4) is 0 Å². The van der Waals surface area contributed by atoms with Crippen molar-refractivity contribution in [1.82, 2.24) is 5.32 Å². The fraction of sp³-hybridized carbons (Fsp3) is 0.909. The molecule has 15 heavy (non-hydrogen) atoms. The van der Waals surface area contributed by atoms with Gasteiger partial charge in [0.1, 0.15) is 0 Å². The van der Waals surface area contributed by atoms with Gasteiger partial charge in [0.2, 0.25) is 5.91 Å². The summed E-state index contributed by atoms with van der Waals surface area (Å²) in [7, 11) is 0. The van der Waals surface area contributed by atoms with Crippen LogP contribution in [0, 0.1) is 5.41 Å². The van der Waals surface area contributed by atoms with Gasteiger partial charge < -0.3 is 16.8 Å². The molecule has 1 rings (SSSR count). The summed E-state index contributed by atoms with van der Waals surface area (Å²) in [5.41, 5.74) is 11.1. The maximum absolute atomic E-state index is 10.7. The van der Waals surface area contributed by atoms with Crippen molar-refractivity contribution < 1.29 is 4.79 Å². The molecule has 0 heterocycles. The van der Waals surface area contributed by atoms with Gasteiger partial charge in [0.25, 0.3) is 0 Å². The van der Waals surface area contributed by atoms with Gasteiger partial charge >= 0.3 is 0 Å². The Morgan fingerprint density at radius 1 is 1.47 bits per heavy atom. The van der Waals surface area contributed by atoms with E-state index in [1.807, 2.05) is 0 Å². The zero-order valence-electron chi connectivity index (χ0n) is 9.75. The second-order valence-corrected chi connectivity index (χ2v) is 5.36. The third-order valence-electron chi connectivity index (χ3n) is 3.33. The highest BCUT2D eigenvalue weighted by Gasteiger charge is 2.26. The minimum absolute atomic E-state index is 0.432. The molecule has 0 saturated heterocycles. The van der Waals surface area contributed by atoms with E-state index in [4.69, 9.17) is 11.5 Å². The molecule has 5 N–H and O–H groups in total. The van der Waals surface area contributed by atoms with E-state index in [9.17, 15) is 4.79 Å². The molecule has 4 heteroatoms. The van der Waals surface area contributed by atoms with Crippen molar-refractivity contribution in [1.29, 1.82) is 0 Å². The predicted molar refractivity (Wildman–Crippen MR) is 61.2 cm³/mol. The molecule has 0 bridgehead atoms. The lowest BCUT2D eigenvalue weighted by Gasteiger charge is -2.35. The van der Waals surface area contributed by atoms with Gasteiger partial charge in [-0.3, -0.25) is 4.79 Å². The lowest BCUT2D eigenvalue weighted by molar-refractivity contribution is -0.119. The number of amides is 1. The van der Waals surface area contributed by atoms with Crippen LogP contribution < -0.4 is 16.8 Å². The third-order valence-corrected chi connectivity index (χ3v) is 3.33. The van der Waals surface area contributed by atoms with Crippen LogP contribution in [0.15, 0.2) is 0 Å². The fourth-order valence-corrected chi connectivity index (χ4v) is 2.00. The van der Waals surface area contributed by atoms with Crippen LogP contribution in [-0.4, -0.2) is 24.5 Å². The Morgan fingerprint density at radius 2 is 2.00 bits per heavy atom. The number of nitrogens with two attached hydrogens (primary N) is 2. The zero-order valence-corrected chi connectivity index (χ0v) is 9.75. The molecule has 1 fully saturated rings. The molecular formula is C11H23N3O. The molecule has 0 aromatic heterocycles. The van der Waals surface area contributed by atoms with Gasteiger partial charge in [0.05, 0.1) is 6.04 Å². The predicted octanol–water partition coefficient (Wildman–Crippen LogP) is 0.357. The number of primary amides is 1. The molecule has 1 amide bonds. The first-order valence-electron chi connectivity index (χ1n) is 5.69. The van der Waals surface area contributed by atoms with Crippen LogP contribution in [0.4, 0.5) is 0 Å². The van der Waals surface area contributed by atoms with Crippen LogP contribution in [0.25, 0.3) is 0 Å². The van der Waals surface area contributed by atoms with E-state index in [1.165, 1.54) is 25.7 Å². The second-order valence-electron chi connectivity index (χ2n) is 5.36. The van der Waals surface area contributed by atoms with Crippen molar-refractivity contribution in [3.8, 4) is 0 Å². The Hall–Kier alpha value is -0.610. The van der Waals surface area contributed by atoms with Crippen LogP contribution in [-0.2, 0) is 4.79 Å². The molecule has 1 atom stereocenters. The Bertz CT molecular complexity index is 218. The standard InChI is InChI=1S/C11H23N3O/c1-11(2)5-3-8(4-6-11)14-7-9(12)10(13)15/h8-9,14H,3-7,12H2,1-2H3,(H2,13,15). The average molecular weight is 213 g/mol. The van der Waals surface area contributed by atoms with Crippen molar-refractivity contribution in [3.63, 3.8) is 0 Å². The van der Waals surface area contributed by atoms with E-state index in [0.29, 0.717) is 18.0 Å². The van der Waals surface area contributed by atoms with Crippen LogP contribution >= 0.6 is 0 Å². The summed E-state index contributed by atoms with van der Waals surface area (Å²) in [4.78, 5) is 10.7. The van der Waals surface area contributed by atoms with Crippen LogP contribution in [0.1, 0.15) is 39.5 Å². The molecule has 0 aromatic rings. The number of carbonyl (C=O) groups excluding carboxylic acids is 1. The van der Waals surface area contributed by atoms with Crippen molar-refractivity contribution in [2.24, 2.45) is 16.9 Å². The van der Waals surface area contributed by atoms with Crippen molar-refractivity contribution in [2.75, 3.05) is 6.54 Å². The summed E-state index contributed by atoms with van der Waals surface area (Å²) in [6.45, 7) is 5.11. The van der Waals surface area contributed by atoms with Gasteiger partial charge in [-0.05, 0) is 31.1 Å². The zero-order chi connectivity index (χ0) is 11.5. The topological polar surface area (TPSA) is 81.1 Å². The Kier molecular flexibility index (Phi) is 4.11. The number of rotatable bonds is 4. The number of hydrogen-bond acceptors (Lipinski definition) is 3. The van der Waals surface area contributed by atoms with E-state index in [0.717, 1.165) is 0 Å². The van der Waals surface area contributed by atoms with Gasteiger partial charge in [0.15, 0.2) is 0 Å². The summed E-state index contributed by atoms with van der Waals surface area (Å²) < 4.78 is 0.